The number of carboxylic acids is 1. The van der Waals surface area contributed by atoms with Crippen molar-refractivity contribution < 1.29 is 14.7 Å². The van der Waals surface area contributed by atoms with Gasteiger partial charge in [-0.3, -0.25) is 4.79 Å². The second kappa shape index (κ2) is 8.79. The third-order valence-electron chi connectivity index (χ3n) is 3.05. The van der Waals surface area contributed by atoms with Crippen molar-refractivity contribution >= 4 is 12.0 Å². The lowest BCUT2D eigenvalue weighted by Gasteiger charge is -2.20. The molecule has 5 nitrogen and oxygen atoms in total. The van der Waals surface area contributed by atoms with E-state index in [4.69, 9.17) is 5.11 Å². The molecule has 2 atom stereocenters. The number of hydrogen-bond acceptors (Lipinski definition) is 2. The molecule has 2 unspecified atom stereocenters. The Balaban J connectivity index is 2.66. The van der Waals surface area contributed by atoms with Crippen molar-refractivity contribution in [2.75, 3.05) is 0 Å². The number of rotatable bonds is 8. The van der Waals surface area contributed by atoms with Crippen molar-refractivity contribution in [1.29, 1.82) is 0 Å². The van der Waals surface area contributed by atoms with Gasteiger partial charge >= 0.3 is 12.0 Å². The van der Waals surface area contributed by atoms with E-state index < -0.39 is 5.97 Å². The van der Waals surface area contributed by atoms with Gasteiger partial charge in [-0.05, 0) is 25.3 Å². The molecule has 0 saturated heterocycles. The Morgan fingerprint density at radius 3 is 2.52 bits per heavy atom. The molecule has 0 aromatic heterocycles. The summed E-state index contributed by atoms with van der Waals surface area (Å²) in [5, 5.41) is 14.4. The largest absolute Gasteiger partial charge is 0.481 e. The summed E-state index contributed by atoms with van der Waals surface area (Å²) in [5.74, 6) is -0.877. The van der Waals surface area contributed by atoms with Crippen LogP contribution in [0.3, 0.4) is 0 Å². The molecule has 1 rings (SSSR count). The highest BCUT2D eigenvalue weighted by Crippen LogP contribution is 2.18. The van der Waals surface area contributed by atoms with Crippen LogP contribution in [0.1, 0.15) is 37.8 Å². The monoisotopic (exact) mass is 290 g/mol. The molecule has 2 amide bonds. The third-order valence-corrected chi connectivity index (χ3v) is 3.05. The van der Waals surface area contributed by atoms with E-state index in [0.717, 1.165) is 5.56 Å². The maximum absolute atomic E-state index is 12.0. The zero-order chi connectivity index (χ0) is 15.7. The van der Waals surface area contributed by atoms with Crippen molar-refractivity contribution in [3.05, 3.63) is 48.6 Å². The topological polar surface area (TPSA) is 78.4 Å². The van der Waals surface area contributed by atoms with Crippen LogP contribution in [-0.2, 0) is 4.79 Å². The SMILES string of the molecule is C=CCC(C)NC(=O)NC(CCC(=O)O)c1ccccc1. The number of hydrogen-bond donors (Lipinski definition) is 3. The van der Waals surface area contributed by atoms with Crippen LogP contribution >= 0.6 is 0 Å². The normalized spacial score (nSPS) is 13.0. The van der Waals surface area contributed by atoms with E-state index in [9.17, 15) is 9.59 Å². The van der Waals surface area contributed by atoms with Crippen molar-refractivity contribution in [1.82, 2.24) is 10.6 Å². The minimum atomic E-state index is -0.877. The molecule has 0 bridgehead atoms. The van der Waals surface area contributed by atoms with Gasteiger partial charge < -0.3 is 15.7 Å². The molecule has 1 aromatic rings. The molecule has 1 aromatic carbocycles. The van der Waals surface area contributed by atoms with Gasteiger partial charge in [-0.25, -0.2) is 4.79 Å². The molecule has 0 aliphatic carbocycles. The Hall–Kier alpha value is -2.30. The number of nitrogens with one attached hydrogen (secondary N) is 2. The van der Waals surface area contributed by atoms with E-state index in [1.54, 1.807) is 6.08 Å². The molecule has 0 heterocycles. The maximum atomic E-state index is 12.0. The predicted octanol–water partition coefficient (Wildman–Crippen LogP) is 2.86. The molecule has 0 fully saturated rings. The highest BCUT2D eigenvalue weighted by Gasteiger charge is 2.16. The van der Waals surface area contributed by atoms with Gasteiger partial charge in [0.05, 0.1) is 6.04 Å². The lowest BCUT2D eigenvalue weighted by molar-refractivity contribution is -0.137. The highest BCUT2D eigenvalue weighted by atomic mass is 16.4. The molecule has 21 heavy (non-hydrogen) atoms. The number of carboxylic acid groups (broad SMARTS) is 1. The minimum absolute atomic E-state index is 0.00204. The maximum Gasteiger partial charge on any atom is 0.315 e. The first kappa shape index (κ1) is 16.8. The average molecular weight is 290 g/mol. The third kappa shape index (κ3) is 6.61. The number of aliphatic carboxylic acids is 1. The van der Waals surface area contributed by atoms with Crippen LogP contribution in [0.15, 0.2) is 43.0 Å². The van der Waals surface area contributed by atoms with Crippen LogP contribution < -0.4 is 10.6 Å². The van der Waals surface area contributed by atoms with E-state index >= 15 is 0 Å². The van der Waals surface area contributed by atoms with E-state index in [2.05, 4.69) is 17.2 Å². The summed E-state index contributed by atoms with van der Waals surface area (Å²) < 4.78 is 0. The Bertz CT molecular complexity index is 474. The van der Waals surface area contributed by atoms with Gasteiger partial charge in [0.25, 0.3) is 0 Å². The van der Waals surface area contributed by atoms with E-state index in [-0.39, 0.29) is 24.5 Å². The van der Waals surface area contributed by atoms with Crippen molar-refractivity contribution in [2.45, 2.75) is 38.3 Å². The van der Waals surface area contributed by atoms with Gasteiger partial charge in [0.15, 0.2) is 0 Å². The van der Waals surface area contributed by atoms with Gasteiger partial charge in [-0.1, -0.05) is 36.4 Å². The van der Waals surface area contributed by atoms with Crippen LogP contribution in [0.25, 0.3) is 0 Å². The number of carbonyl (C=O) groups is 2. The fourth-order valence-corrected chi connectivity index (χ4v) is 2.01. The van der Waals surface area contributed by atoms with E-state index in [1.165, 1.54) is 0 Å². The second-order valence-corrected chi connectivity index (χ2v) is 4.94. The van der Waals surface area contributed by atoms with Gasteiger partial charge in [0, 0.05) is 12.5 Å². The average Bonchev–Trinajstić information content (AvgIpc) is 2.44. The summed E-state index contributed by atoms with van der Waals surface area (Å²) in [6.45, 7) is 5.51. The molecule has 0 aliphatic heterocycles. The van der Waals surface area contributed by atoms with Crippen molar-refractivity contribution in [3.63, 3.8) is 0 Å². The fraction of sp³-hybridized carbons (Fsp3) is 0.375. The Kier molecular flexibility index (Phi) is 7.01. The number of urea groups is 1. The summed E-state index contributed by atoms with van der Waals surface area (Å²) in [7, 11) is 0. The van der Waals surface area contributed by atoms with Crippen LogP contribution in [0.2, 0.25) is 0 Å². The van der Waals surface area contributed by atoms with Gasteiger partial charge in [-0.2, -0.15) is 0 Å². The molecule has 114 valence electrons. The number of benzene rings is 1. The predicted molar refractivity (Wildman–Crippen MR) is 82.0 cm³/mol. The number of carbonyl (C=O) groups excluding carboxylic acids is 1. The van der Waals surface area contributed by atoms with Crippen LogP contribution in [-0.4, -0.2) is 23.1 Å². The van der Waals surface area contributed by atoms with Crippen molar-refractivity contribution in [3.8, 4) is 0 Å². The molecular formula is C16H22N2O3. The minimum Gasteiger partial charge on any atom is -0.481 e. The van der Waals surface area contributed by atoms with E-state index in [0.29, 0.717) is 12.8 Å². The lowest BCUT2D eigenvalue weighted by atomic mass is 10.0. The Morgan fingerprint density at radius 2 is 1.95 bits per heavy atom. The fourth-order valence-electron chi connectivity index (χ4n) is 2.01. The lowest BCUT2D eigenvalue weighted by Crippen LogP contribution is -2.42. The second-order valence-electron chi connectivity index (χ2n) is 4.94. The summed E-state index contributed by atoms with van der Waals surface area (Å²) in [6.07, 6.45) is 2.77. The van der Waals surface area contributed by atoms with Gasteiger partial charge in [0.2, 0.25) is 0 Å². The summed E-state index contributed by atoms with van der Waals surface area (Å²) >= 11 is 0. The quantitative estimate of drug-likeness (QED) is 0.644. The van der Waals surface area contributed by atoms with Gasteiger partial charge in [0.1, 0.15) is 0 Å². The first-order valence-corrected chi connectivity index (χ1v) is 6.97. The number of amides is 2. The molecule has 0 spiro atoms. The Labute approximate surface area is 125 Å². The summed E-state index contributed by atoms with van der Waals surface area (Å²) in [5.41, 5.74) is 0.894. The summed E-state index contributed by atoms with van der Waals surface area (Å²) in [6, 6.07) is 8.72. The smallest absolute Gasteiger partial charge is 0.315 e. The Morgan fingerprint density at radius 1 is 1.29 bits per heavy atom. The molecule has 0 radical (unpaired) electrons. The van der Waals surface area contributed by atoms with Gasteiger partial charge in [-0.15, -0.1) is 6.58 Å². The van der Waals surface area contributed by atoms with E-state index in [1.807, 2.05) is 37.3 Å². The first-order chi connectivity index (χ1) is 10.0. The molecule has 0 aliphatic rings. The molecule has 0 saturated carbocycles. The molecule has 5 heteroatoms. The molecule has 3 N–H and O–H groups in total. The zero-order valence-corrected chi connectivity index (χ0v) is 12.2. The van der Waals surface area contributed by atoms with Crippen molar-refractivity contribution in [2.24, 2.45) is 0 Å². The van der Waals surface area contributed by atoms with Crippen LogP contribution in [0, 0.1) is 0 Å². The summed E-state index contributed by atoms with van der Waals surface area (Å²) in [4.78, 5) is 22.7. The van der Waals surface area contributed by atoms with Crippen LogP contribution in [0.5, 0.6) is 0 Å². The highest BCUT2D eigenvalue weighted by molar-refractivity contribution is 5.75. The standard InChI is InChI=1S/C16H22N2O3/c1-3-7-12(2)17-16(21)18-14(10-11-15(19)20)13-8-5-4-6-9-13/h3-6,8-9,12,14H,1,7,10-11H2,2H3,(H,19,20)(H2,17,18,21). The van der Waals surface area contributed by atoms with Crippen LogP contribution in [0.4, 0.5) is 4.79 Å². The molecular weight excluding hydrogens is 268 g/mol. The zero-order valence-electron chi connectivity index (χ0n) is 12.2. The first-order valence-electron chi connectivity index (χ1n) is 6.97.